The number of allylic oxidation sites excluding steroid dienone is 16. The summed E-state index contributed by atoms with van der Waals surface area (Å²) in [6.07, 6.45) is 55.8. The molecule has 6 unspecified atom stereocenters. The van der Waals surface area contributed by atoms with Crippen molar-refractivity contribution >= 4 is 5.97 Å². The molecule has 0 aromatic carbocycles. The summed E-state index contributed by atoms with van der Waals surface area (Å²) in [6, 6.07) is 0. The Morgan fingerprint density at radius 1 is 0.516 bits per heavy atom. The highest BCUT2D eigenvalue weighted by Crippen LogP contribution is 2.22. The second-order valence-electron chi connectivity index (χ2n) is 16.9. The number of hydrogen-bond donors (Lipinski definition) is 4. The fourth-order valence-electron chi connectivity index (χ4n) is 7.06. The van der Waals surface area contributed by atoms with Crippen LogP contribution in [-0.2, 0) is 23.7 Å². The van der Waals surface area contributed by atoms with Crippen molar-refractivity contribution in [2.24, 2.45) is 0 Å². The highest BCUT2D eigenvalue weighted by Gasteiger charge is 2.44. The van der Waals surface area contributed by atoms with Crippen LogP contribution in [0.15, 0.2) is 97.2 Å². The highest BCUT2D eigenvalue weighted by molar-refractivity contribution is 5.69. The second kappa shape index (κ2) is 45.3. The summed E-state index contributed by atoms with van der Waals surface area (Å²) in [5.41, 5.74) is 0. The van der Waals surface area contributed by atoms with Crippen molar-refractivity contribution in [1.29, 1.82) is 0 Å². The Morgan fingerprint density at radius 3 is 1.45 bits per heavy atom. The van der Waals surface area contributed by atoms with Gasteiger partial charge in [-0.25, -0.2) is 0 Å². The molecule has 1 rings (SSSR count). The van der Waals surface area contributed by atoms with E-state index in [1.165, 1.54) is 83.5 Å². The van der Waals surface area contributed by atoms with Gasteiger partial charge >= 0.3 is 5.97 Å². The first kappa shape index (κ1) is 59.1. The van der Waals surface area contributed by atoms with Gasteiger partial charge in [0.05, 0.1) is 19.8 Å². The minimum atomic E-state index is -1.55. The van der Waals surface area contributed by atoms with Gasteiger partial charge in [-0.05, 0) is 89.9 Å². The molecule has 9 heteroatoms. The summed E-state index contributed by atoms with van der Waals surface area (Å²) >= 11 is 0. The lowest BCUT2D eigenvalue weighted by atomic mass is 9.99. The lowest BCUT2D eigenvalue weighted by molar-refractivity contribution is -0.305. The predicted molar refractivity (Wildman–Crippen MR) is 265 cm³/mol. The quantitative estimate of drug-likeness (QED) is 0.0268. The van der Waals surface area contributed by atoms with Crippen LogP contribution in [0.4, 0.5) is 0 Å². The third-order valence-corrected chi connectivity index (χ3v) is 11.0. The van der Waals surface area contributed by atoms with Gasteiger partial charge in [-0.2, -0.15) is 0 Å². The minimum absolute atomic E-state index is 0.114. The normalized spacial score (nSPS) is 20.4. The van der Waals surface area contributed by atoms with Gasteiger partial charge in [0.2, 0.25) is 0 Å². The SMILES string of the molecule is CC/C=C\C/C=C\C/C=C\C/C=C\C/C=C\C/C=C\C/C=C\CCCC(=O)OC(COCCCCCCCCCC/C=C\CCCCCCCC)COC1OC(CO)C(O)C(O)C1O. The first-order valence-corrected chi connectivity index (χ1v) is 25.3. The molecule has 366 valence electrons. The van der Waals surface area contributed by atoms with Crippen molar-refractivity contribution < 1.29 is 44.2 Å². The Kier molecular flexibility index (Phi) is 41.8. The topological polar surface area (TPSA) is 135 Å². The van der Waals surface area contributed by atoms with Gasteiger partial charge in [0.1, 0.15) is 30.5 Å². The molecule has 1 aliphatic heterocycles. The molecule has 1 heterocycles. The summed E-state index contributed by atoms with van der Waals surface area (Å²) in [7, 11) is 0. The Hall–Kier alpha value is -2.89. The van der Waals surface area contributed by atoms with Gasteiger partial charge < -0.3 is 39.4 Å². The zero-order chi connectivity index (χ0) is 46.4. The number of unbranched alkanes of at least 4 members (excludes halogenated alkanes) is 15. The first-order valence-electron chi connectivity index (χ1n) is 25.3. The first-order chi connectivity index (χ1) is 31.4. The monoisotopic (exact) mass is 897 g/mol. The van der Waals surface area contributed by atoms with Gasteiger partial charge in [0.25, 0.3) is 0 Å². The van der Waals surface area contributed by atoms with Crippen LogP contribution in [0.2, 0.25) is 0 Å². The van der Waals surface area contributed by atoms with Crippen molar-refractivity contribution in [2.45, 2.75) is 218 Å². The van der Waals surface area contributed by atoms with Crippen LogP contribution in [0, 0.1) is 0 Å². The van der Waals surface area contributed by atoms with Gasteiger partial charge in [-0.1, -0.05) is 182 Å². The Bertz CT molecular complexity index is 1300. The number of ether oxygens (including phenoxy) is 4. The van der Waals surface area contributed by atoms with E-state index in [4.69, 9.17) is 18.9 Å². The van der Waals surface area contributed by atoms with Gasteiger partial charge in [-0.3, -0.25) is 4.79 Å². The Labute approximate surface area is 390 Å². The molecule has 0 saturated carbocycles. The van der Waals surface area contributed by atoms with Crippen molar-refractivity contribution in [1.82, 2.24) is 0 Å². The fourth-order valence-corrected chi connectivity index (χ4v) is 7.06. The molecule has 0 aromatic heterocycles. The zero-order valence-electron chi connectivity index (χ0n) is 40.2. The van der Waals surface area contributed by atoms with E-state index >= 15 is 0 Å². The number of carbonyl (C=O) groups is 1. The molecule has 6 atom stereocenters. The lowest BCUT2D eigenvalue weighted by Gasteiger charge is -2.39. The maximum atomic E-state index is 12.8. The van der Waals surface area contributed by atoms with Crippen LogP contribution < -0.4 is 0 Å². The van der Waals surface area contributed by atoms with Gasteiger partial charge in [-0.15, -0.1) is 0 Å². The molecular formula is C55H92O9. The molecule has 0 aromatic rings. The molecule has 0 radical (unpaired) electrons. The molecule has 1 saturated heterocycles. The van der Waals surface area contributed by atoms with E-state index in [1.54, 1.807) is 0 Å². The van der Waals surface area contributed by atoms with E-state index in [1.807, 2.05) is 0 Å². The lowest BCUT2D eigenvalue weighted by Crippen LogP contribution is -2.59. The fraction of sp³-hybridized carbons (Fsp3) is 0.691. The minimum Gasteiger partial charge on any atom is -0.457 e. The maximum Gasteiger partial charge on any atom is 0.306 e. The van der Waals surface area contributed by atoms with E-state index in [0.717, 1.165) is 70.6 Å². The Balaban J connectivity index is 2.29. The molecule has 1 fully saturated rings. The number of esters is 1. The predicted octanol–water partition coefficient (Wildman–Crippen LogP) is 12.4. The van der Waals surface area contributed by atoms with E-state index in [0.29, 0.717) is 13.0 Å². The number of hydrogen-bond acceptors (Lipinski definition) is 9. The molecule has 0 aliphatic carbocycles. The summed E-state index contributed by atoms with van der Waals surface area (Å²) < 4.78 is 22.8. The third kappa shape index (κ3) is 35.4. The number of aliphatic hydroxyl groups is 4. The average molecular weight is 897 g/mol. The summed E-state index contributed by atoms with van der Waals surface area (Å²) in [5, 5.41) is 40.2. The van der Waals surface area contributed by atoms with Crippen LogP contribution in [-0.4, -0.2) is 89.6 Å². The van der Waals surface area contributed by atoms with Crippen LogP contribution in [0.3, 0.4) is 0 Å². The molecular weight excluding hydrogens is 805 g/mol. The molecule has 64 heavy (non-hydrogen) atoms. The number of rotatable bonds is 42. The van der Waals surface area contributed by atoms with Gasteiger partial charge in [0.15, 0.2) is 6.29 Å². The van der Waals surface area contributed by atoms with E-state index in [-0.39, 0.29) is 25.6 Å². The Morgan fingerprint density at radius 2 is 0.953 bits per heavy atom. The van der Waals surface area contributed by atoms with Crippen molar-refractivity contribution in [3.63, 3.8) is 0 Å². The van der Waals surface area contributed by atoms with Crippen molar-refractivity contribution in [3.05, 3.63) is 97.2 Å². The zero-order valence-corrected chi connectivity index (χ0v) is 40.2. The molecule has 1 aliphatic rings. The molecule has 4 N–H and O–H groups in total. The molecule has 9 nitrogen and oxygen atoms in total. The van der Waals surface area contributed by atoms with Crippen LogP contribution >= 0.6 is 0 Å². The molecule has 0 amide bonds. The van der Waals surface area contributed by atoms with Crippen molar-refractivity contribution in [3.8, 4) is 0 Å². The van der Waals surface area contributed by atoms with Crippen LogP contribution in [0.1, 0.15) is 181 Å². The second-order valence-corrected chi connectivity index (χ2v) is 16.9. The smallest absolute Gasteiger partial charge is 0.306 e. The maximum absolute atomic E-state index is 12.8. The van der Waals surface area contributed by atoms with E-state index in [2.05, 4.69) is 111 Å². The summed E-state index contributed by atoms with van der Waals surface area (Å²) in [5.74, 6) is -0.374. The average Bonchev–Trinajstić information content (AvgIpc) is 3.30. The van der Waals surface area contributed by atoms with Crippen LogP contribution in [0.5, 0.6) is 0 Å². The third-order valence-electron chi connectivity index (χ3n) is 11.0. The molecule has 0 bridgehead atoms. The van der Waals surface area contributed by atoms with E-state index in [9.17, 15) is 25.2 Å². The largest absolute Gasteiger partial charge is 0.457 e. The highest BCUT2D eigenvalue weighted by atomic mass is 16.7. The standard InChI is InChI=1S/C55H92O9/c1-3-5-7-9-11-13-15-17-19-21-23-24-25-26-27-28-30-32-34-36-38-40-42-44-51(57)63-49(48-62-55-54(60)53(59)52(58)50(46-56)64-55)47-61-45-43-41-39-37-35-33-31-29-22-20-18-16-14-12-10-8-6-4-2/h5,7,11,13,17-20,23-24,26-27,30,32,36,38,49-50,52-56,58-60H,3-4,6,8-10,12,14-16,21-22,25,28-29,31,33-35,37,39-48H2,1-2H3/b7-5-,13-11-,19-17-,20-18-,24-23-,27-26-,32-30-,38-36-. The summed E-state index contributed by atoms with van der Waals surface area (Å²) in [6.45, 7) is 4.35. The van der Waals surface area contributed by atoms with E-state index < -0.39 is 43.4 Å². The van der Waals surface area contributed by atoms with Gasteiger partial charge in [0, 0.05) is 13.0 Å². The van der Waals surface area contributed by atoms with Crippen molar-refractivity contribution in [2.75, 3.05) is 26.4 Å². The summed E-state index contributed by atoms with van der Waals surface area (Å²) in [4.78, 5) is 12.8. The molecule has 0 spiro atoms. The number of carbonyl (C=O) groups excluding carboxylic acids is 1. The number of aliphatic hydroxyl groups excluding tert-OH is 4. The van der Waals surface area contributed by atoms with Crippen LogP contribution in [0.25, 0.3) is 0 Å².